The first-order chi connectivity index (χ1) is 11.5. The minimum absolute atomic E-state index is 0.0856. The van der Waals surface area contributed by atoms with E-state index < -0.39 is 5.97 Å². The third kappa shape index (κ3) is 5.41. The van der Waals surface area contributed by atoms with Crippen molar-refractivity contribution in [2.45, 2.75) is 45.6 Å². The van der Waals surface area contributed by atoms with E-state index in [9.17, 15) is 9.59 Å². The molecule has 0 heterocycles. The van der Waals surface area contributed by atoms with E-state index >= 15 is 0 Å². The quantitative estimate of drug-likeness (QED) is 0.511. The van der Waals surface area contributed by atoms with Gasteiger partial charge in [0.2, 0.25) is 5.91 Å². The molecule has 1 aliphatic rings. The topological polar surface area (TPSA) is 64.6 Å². The molecule has 130 valence electrons. The highest BCUT2D eigenvalue weighted by Crippen LogP contribution is 2.28. The number of ether oxygens (including phenoxy) is 2. The molecule has 1 saturated carbocycles. The number of hydrogen-bond acceptors (Lipinski definition) is 4. The Balaban J connectivity index is 1.95. The SMILES string of the molecule is COc1cc(/C=C/C(=O)NC2CCC(C)CC2)ccc1OC(C)=O. The van der Waals surface area contributed by atoms with Crippen LogP contribution in [0.5, 0.6) is 11.5 Å². The van der Waals surface area contributed by atoms with E-state index in [0.717, 1.165) is 24.3 Å². The van der Waals surface area contributed by atoms with E-state index in [1.54, 1.807) is 24.3 Å². The van der Waals surface area contributed by atoms with Crippen LogP contribution >= 0.6 is 0 Å². The zero-order valence-electron chi connectivity index (χ0n) is 14.5. The van der Waals surface area contributed by atoms with E-state index in [2.05, 4.69) is 12.2 Å². The van der Waals surface area contributed by atoms with Gasteiger partial charge < -0.3 is 14.8 Å². The van der Waals surface area contributed by atoms with E-state index in [1.165, 1.54) is 33.0 Å². The Hall–Kier alpha value is -2.30. The van der Waals surface area contributed by atoms with Crippen molar-refractivity contribution in [3.05, 3.63) is 29.8 Å². The average Bonchev–Trinajstić information content (AvgIpc) is 2.55. The number of methoxy groups -OCH3 is 1. The van der Waals surface area contributed by atoms with Gasteiger partial charge in [-0.15, -0.1) is 0 Å². The van der Waals surface area contributed by atoms with Crippen LogP contribution in [0.3, 0.4) is 0 Å². The molecule has 0 bridgehead atoms. The van der Waals surface area contributed by atoms with Gasteiger partial charge in [-0.2, -0.15) is 0 Å². The number of hydrogen-bond donors (Lipinski definition) is 1. The highest BCUT2D eigenvalue weighted by Gasteiger charge is 2.18. The molecular formula is C19H25NO4. The first-order valence-electron chi connectivity index (χ1n) is 8.33. The monoisotopic (exact) mass is 331 g/mol. The molecule has 24 heavy (non-hydrogen) atoms. The van der Waals surface area contributed by atoms with Gasteiger partial charge in [0.05, 0.1) is 7.11 Å². The molecule has 0 saturated heterocycles. The highest BCUT2D eigenvalue weighted by atomic mass is 16.6. The van der Waals surface area contributed by atoms with E-state index in [4.69, 9.17) is 9.47 Å². The molecule has 2 rings (SSSR count). The Morgan fingerprint density at radius 2 is 1.88 bits per heavy atom. The summed E-state index contributed by atoms with van der Waals surface area (Å²) in [4.78, 5) is 23.1. The van der Waals surface area contributed by atoms with E-state index in [-0.39, 0.29) is 11.9 Å². The summed E-state index contributed by atoms with van der Waals surface area (Å²) >= 11 is 0. The molecule has 0 aromatic heterocycles. The van der Waals surface area contributed by atoms with Crippen molar-refractivity contribution >= 4 is 18.0 Å². The first-order valence-corrected chi connectivity index (χ1v) is 8.33. The zero-order chi connectivity index (χ0) is 17.5. The first kappa shape index (κ1) is 18.0. The van der Waals surface area contributed by atoms with Crippen LogP contribution in [0.4, 0.5) is 0 Å². The van der Waals surface area contributed by atoms with Crippen LogP contribution in [0.15, 0.2) is 24.3 Å². The number of carbonyl (C=O) groups is 2. The van der Waals surface area contributed by atoms with Crippen LogP contribution < -0.4 is 14.8 Å². The van der Waals surface area contributed by atoms with Gasteiger partial charge in [0, 0.05) is 19.0 Å². The van der Waals surface area contributed by atoms with Gasteiger partial charge in [-0.3, -0.25) is 9.59 Å². The van der Waals surface area contributed by atoms with Gasteiger partial charge in [0.15, 0.2) is 11.5 Å². The number of esters is 1. The minimum atomic E-state index is -0.405. The van der Waals surface area contributed by atoms with Gasteiger partial charge >= 0.3 is 5.97 Å². The lowest BCUT2D eigenvalue weighted by atomic mass is 9.87. The molecule has 0 aliphatic heterocycles. The standard InChI is InChI=1S/C19H25NO4/c1-13-4-8-16(9-5-13)20-19(22)11-7-15-6-10-17(24-14(2)21)18(12-15)23-3/h6-7,10-13,16H,4-5,8-9H2,1-3H3,(H,20,22)/b11-7+. The third-order valence-electron chi connectivity index (χ3n) is 4.23. The van der Waals surface area contributed by atoms with Crippen LogP contribution in [0.25, 0.3) is 6.08 Å². The fourth-order valence-electron chi connectivity index (χ4n) is 2.85. The molecule has 1 aliphatic carbocycles. The lowest BCUT2D eigenvalue weighted by Crippen LogP contribution is -2.36. The molecule has 1 aromatic rings. The highest BCUT2D eigenvalue weighted by molar-refractivity contribution is 5.92. The summed E-state index contributed by atoms with van der Waals surface area (Å²) < 4.78 is 10.3. The van der Waals surface area contributed by atoms with Crippen LogP contribution in [0, 0.1) is 5.92 Å². The molecule has 0 radical (unpaired) electrons. The summed E-state index contributed by atoms with van der Waals surface area (Å²) in [5.74, 6) is 1.09. The number of amides is 1. The van der Waals surface area contributed by atoms with Crippen LogP contribution in [0.2, 0.25) is 0 Å². The van der Waals surface area contributed by atoms with Crippen molar-refractivity contribution in [2.75, 3.05) is 7.11 Å². The molecule has 1 fully saturated rings. The maximum absolute atomic E-state index is 12.0. The second-order valence-corrected chi connectivity index (χ2v) is 6.30. The third-order valence-corrected chi connectivity index (χ3v) is 4.23. The largest absolute Gasteiger partial charge is 0.493 e. The number of rotatable bonds is 5. The number of benzene rings is 1. The zero-order valence-corrected chi connectivity index (χ0v) is 14.5. The molecule has 1 aromatic carbocycles. The Morgan fingerprint density at radius 3 is 2.50 bits per heavy atom. The van der Waals surface area contributed by atoms with Crippen molar-refractivity contribution in [1.82, 2.24) is 5.32 Å². The smallest absolute Gasteiger partial charge is 0.308 e. The molecule has 0 spiro atoms. The van der Waals surface area contributed by atoms with Crippen LogP contribution in [0.1, 0.15) is 45.1 Å². The number of carbonyl (C=O) groups excluding carboxylic acids is 2. The van der Waals surface area contributed by atoms with Crippen LogP contribution in [-0.2, 0) is 9.59 Å². The second-order valence-electron chi connectivity index (χ2n) is 6.30. The van der Waals surface area contributed by atoms with Crippen molar-refractivity contribution < 1.29 is 19.1 Å². The van der Waals surface area contributed by atoms with Gasteiger partial charge in [0.25, 0.3) is 0 Å². The lowest BCUT2D eigenvalue weighted by Gasteiger charge is -2.26. The van der Waals surface area contributed by atoms with Gasteiger partial charge in [-0.05, 0) is 55.4 Å². The molecule has 1 N–H and O–H groups in total. The lowest BCUT2D eigenvalue weighted by molar-refractivity contribution is -0.132. The van der Waals surface area contributed by atoms with Crippen molar-refractivity contribution in [3.8, 4) is 11.5 Å². The summed E-state index contributed by atoms with van der Waals surface area (Å²) in [5.41, 5.74) is 0.801. The molecule has 5 heteroatoms. The molecular weight excluding hydrogens is 306 g/mol. The Kier molecular flexibility index (Phi) is 6.41. The van der Waals surface area contributed by atoms with E-state index in [1.807, 2.05) is 0 Å². The predicted octanol–water partition coefficient (Wildman–Crippen LogP) is 3.33. The summed E-state index contributed by atoms with van der Waals surface area (Å²) in [6, 6.07) is 5.43. The van der Waals surface area contributed by atoms with E-state index in [0.29, 0.717) is 11.5 Å². The van der Waals surface area contributed by atoms with Crippen molar-refractivity contribution in [2.24, 2.45) is 5.92 Å². The predicted molar refractivity (Wildman–Crippen MR) is 92.9 cm³/mol. The number of nitrogens with one attached hydrogen (secondary N) is 1. The summed E-state index contributed by atoms with van der Waals surface area (Å²) in [6.07, 6.45) is 7.68. The second kappa shape index (κ2) is 8.52. The van der Waals surface area contributed by atoms with Crippen molar-refractivity contribution in [1.29, 1.82) is 0 Å². The maximum Gasteiger partial charge on any atom is 0.308 e. The Labute approximate surface area is 143 Å². The molecule has 5 nitrogen and oxygen atoms in total. The normalized spacial score (nSPS) is 20.6. The summed E-state index contributed by atoms with van der Waals surface area (Å²) in [6.45, 7) is 3.59. The van der Waals surface area contributed by atoms with Gasteiger partial charge in [0.1, 0.15) is 0 Å². The Morgan fingerprint density at radius 1 is 1.17 bits per heavy atom. The average molecular weight is 331 g/mol. The summed E-state index contributed by atoms with van der Waals surface area (Å²) in [5, 5.41) is 3.05. The molecule has 0 unspecified atom stereocenters. The van der Waals surface area contributed by atoms with Crippen molar-refractivity contribution in [3.63, 3.8) is 0 Å². The fraction of sp³-hybridized carbons (Fsp3) is 0.474. The molecule has 1 amide bonds. The maximum atomic E-state index is 12.0. The Bertz CT molecular complexity index is 616. The summed E-state index contributed by atoms with van der Waals surface area (Å²) in [7, 11) is 1.51. The minimum Gasteiger partial charge on any atom is -0.493 e. The fourth-order valence-corrected chi connectivity index (χ4v) is 2.85. The van der Waals surface area contributed by atoms with Gasteiger partial charge in [-0.1, -0.05) is 13.0 Å². The molecule has 0 atom stereocenters. The van der Waals surface area contributed by atoms with Crippen LogP contribution in [-0.4, -0.2) is 25.0 Å². The van der Waals surface area contributed by atoms with Gasteiger partial charge in [-0.25, -0.2) is 0 Å².